The van der Waals surface area contributed by atoms with Gasteiger partial charge in [0, 0.05) is 41.6 Å². The number of benzene rings is 2. The Kier molecular flexibility index (Phi) is 4.97. The van der Waals surface area contributed by atoms with Gasteiger partial charge in [0.1, 0.15) is 0 Å². The fourth-order valence-electron chi connectivity index (χ4n) is 4.60. The number of alkyl halides is 3. The number of aryl methyl sites for hydroxylation is 3. The van der Waals surface area contributed by atoms with E-state index >= 15 is 0 Å². The van der Waals surface area contributed by atoms with Gasteiger partial charge in [0.25, 0.3) is 0 Å². The topological polar surface area (TPSA) is 8.17 Å². The lowest BCUT2D eigenvalue weighted by Gasteiger charge is -2.37. The van der Waals surface area contributed by atoms with E-state index in [1.807, 2.05) is 0 Å². The van der Waals surface area contributed by atoms with Crippen LogP contribution >= 0.6 is 0 Å². The van der Waals surface area contributed by atoms with Gasteiger partial charge in [-0.2, -0.15) is 13.2 Å². The van der Waals surface area contributed by atoms with E-state index in [9.17, 15) is 13.2 Å². The molecule has 1 aromatic heterocycles. The summed E-state index contributed by atoms with van der Waals surface area (Å²) in [6.07, 6.45) is -2.60. The maximum atomic E-state index is 12.8. The molecule has 2 unspecified atom stereocenters. The quantitative estimate of drug-likeness (QED) is 0.512. The summed E-state index contributed by atoms with van der Waals surface area (Å²) in [7, 11) is 2.18. The molecule has 0 spiro atoms. The van der Waals surface area contributed by atoms with Crippen LogP contribution in [0.3, 0.4) is 0 Å². The standard InChI is InChI=1S/C24H27F3N2/c1-15-5-10-21-20(13-15)23-17(3)28(4)16(2)14-22(23)29(21)12-11-18-6-8-19(9-7-18)24(25,26)27/h5-10,13,16-17H,11-12,14H2,1-4H3. The van der Waals surface area contributed by atoms with Gasteiger partial charge in [0.05, 0.1) is 5.56 Å². The maximum absolute atomic E-state index is 12.8. The molecule has 0 fully saturated rings. The zero-order chi connectivity index (χ0) is 20.9. The zero-order valence-electron chi connectivity index (χ0n) is 17.3. The summed E-state index contributed by atoms with van der Waals surface area (Å²) in [6.45, 7) is 7.40. The van der Waals surface area contributed by atoms with Gasteiger partial charge in [-0.15, -0.1) is 0 Å². The summed E-state index contributed by atoms with van der Waals surface area (Å²) in [6, 6.07) is 12.9. The van der Waals surface area contributed by atoms with Crippen molar-refractivity contribution in [3.8, 4) is 0 Å². The van der Waals surface area contributed by atoms with Crippen LogP contribution in [0, 0.1) is 6.92 Å². The monoisotopic (exact) mass is 400 g/mol. The van der Waals surface area contributed by atoms with Crippen molar-refractivity contribution < 1.29 is 13.2 Å². The highest BCUT2D eigenvalue weighted by atomic mass is 19.4. The first-order valence-corrected chi connectivity index (χ1v) is 10.2. The Balaban J connectivity index is 1.70. The smallest absolute Gasteiger partial charge is 0.344 e. The van der Waals surface area contributed by atoms with Crippen LogP contribution in [0.5, 0.6) is 0 Å². The first-order chi connectivity index (χ1) is 13.7. The van der Waals surface area contributed by atoms with Crippen molar-refractivity contribution in [2.45, 2.75) is 58.4 Å². The predicted molar refractivity (Wildman–Crippen MR) is 111 cm³/mol. The van der Waals surface area contributed by atoms with Crippen LogP contribution in [0.2, 0.25) is 0 Å². The number of hydrogen-bond donors (Lipinski definition) is 0. The molecule has 5 heteroatoms. The van der Waals surface area contributed by atoms with Crippen LogP contribution < -0.4 is 0 Å². The van der Waals surface area contributed by atoms with Gasteiger partial charge in [-0.05, 0) is 69.6 Å². The van der Waals surface area contributed by atoms with Crippen LogP contribution in [0.4, 0.5) is 13.2 Å². The van der Waals surface area contributed by atoms with E-state index in [2.05, 4.69) is 55.5 Å². The Morgan fingerprint density at radius 1 is 1.03 bits per heavy atom. The van der Waals surface area contributed by atoms with Gasteiger partial charge in [-0.25, -0.2) is 0 Å². The van der Waals surface area contributed by atoms with Crippen LogP contribution in [-0.2, 0) is 25.6 Å². The SMILES string of the molecule is Cc1ccc2c(c1)c1c(n2CCc2ccc(C(F)(F)F)cc2)CC(C)N(C)C1C. The van der Waals surface area contributed by atoms with E-state index in [1.54, 1.807) is 12.1 Å². The summed E-state index contributed by atoms with van der Waals surface area (Å²) >= 11 is 0. The molecule has 0 amide bonds. The van der Waals surface area contributed by atoms with Crippen LogP contribution in [-0.4, -0.2) is 22.6 Å². The van der Waals surface area contributed by atoms with Crippen molar-refractivity contribution >= 4 is 10.9 Å². The molecule has 2 atom stereocenters. The minimum atomic E-state index is -4.29. The predicted octanol–water partition coefficient (Wildman–Crippen LogP) is 6.15. The van der Waals surface area contributed by atoms with Crippen molar-refractivity contribution in [2.75, 3.05) is 7.05 Å². The largest absolute Gasteiger partial charge is 0.416 e. The lowest BCUT2D eigenvalue weighted by molar-refractivity contribution is -0.137. The average Bonchev–Trinajstić information content (AvgIpc) is 2.96. The minimum absolute atomic E-state index is 0.338. The van der Waals surface area contributed by atoms with Crippen molar-refractivity contribution in [3.05, 3.63) is 70.4 Å². The molecule has 0 aliphatic carbocycles. The Labute approximate surface area is 169 Å². The summed E-state index contributed by atoms with van der Waals surface area (Å²) in [4.78, 5) is 2.42. The minimum Gasteiger partial charge on any atom is -0.344 e. The van der Waals surface area contributed by atoms with Crippen LogP contribution in [0.15, 0.2) is 42.5 Å². The maximum Gasteiger partial charge on any atom is 0.416 e. The number of aromatic nitrogens is 1. The Hall–Kier alpha value is -2.27. The number of likely N-dealkylation sites (N-methyl/N-ethyl adjacent to an activating group) is 1. The number of fused-ring (bicyclic) bond motifs is 3. The molecule has 29 heavy (non-hydrogen) atoms. The average molecular weight is 400 g/mol. The second-order valence-electron chi connectivity index (χ2n) is 8.37. The Morgan fingerprint density at radius 3 is 2.38 bits per heavy atom. The van der Waals surface area contributed by atoms with Gasteiger partial charge in [-0.3, -0.25) is 4.90 Å². The summed E-state index contributed by atoms with van der Waals surface area (Å²) in [5.41, 5.74) is 5.57. The highest BCUT2D eigenvalue weighted by Crippen LogP contribution is 2.39. The molecule has 2 nitrogen and oxygen atoms in total. The third kappa shape index (κ3) is 3.57. The van der Waals surface area contributed by atoms with Gasteiger partial charge in [0.15, 0.2) is 0 Å². The number of hydrogen-bond acceptors (Lipinski definition) is 1. The molecule has 1 aliphatic rings. The number of nitrogens with zero attached hydrogens (tertiary/aromatic N) is 2. The molecule has 2 aromatic carbocycles. The van der Waals surface area contributed by atoms with Crippen molar-refractivity contribution in [2.24, 2.45) is 0 Å². The van der Waals surface area contributed by atoms with Gasteiger partial charge in [0.2, 0.25) is 0 Å². The van der Waals surface area contributed by atoms with Crippen molar-refractivity contribution in [1.82, 2.24) is 9.47 Å². The van der Waals surface area contributed by atoms with E-state index in [1.165, 1.54) is 39.9 Å². The van der Waals surface area contributed by atoms with Gasteiger partial charge < -0.3 is 4.57 Å². The molecule has 2 heterocycles. The molecule has 3 aromatic rings. The van der Waals surface area contributed by atoms with Crippen LogP contribution in [0.1, 0.15) is 47.8 Å². The van der Waals surface area contributed by atoms with E-state index in [4.69, 9.17) is 0 Å². The molecular weight excluding hydrogens is 373 g/mol. The zero-order valence-corrected chi connectivity index (χ0v) is 17.3. The Morgan fingerprint density at radius 2 is 1.72 bits per heavy atom. The highest BCUT2D eigenvalue weighted by molar-refractivity contribution is 5.87. The molecule has 4 rings (SSSR count). The summed E-state index contributed by atoms with van der Waals surface area (Å²) in [5, 5.41) is 1.30. The van der Waals surface area contributed by atoms with E-state index < -0.39 is 11.7 Å². The molecule has 1 aliphatic heterocycles. The van der Waals surface area contributed by atoms with E-state index in [0.29, 0.717) is 18.5 Å². The molecule has 0 saturated carbocycles. The van der Waals surface area contributed by atoms with Gasteiger partial charge in [-0.1, -0.05) is 23.8 Å². The Bertz CT molecular complexity index is 1030. The van der Waals surface area contributed by atoms with Crippen molar-refractivity contribution in [3.63, 3.8) is 0 Å². The second kappa shape index (κ2) is 7.21. The molecular formula is C24H27F3N2. The first-order valence-electron chi connectivity index (χ1n) is 10.2. The summed E-state index contributed by atoms with van der Waals surface area (Å²) in [5.74, 6) is 0. The highest BCUT2D eigenvalue weighted by Gasteiger charge is 2.32. The first kappa shape index (κ1) is 20.0. The third-order valence-electron chi connectivity index (χ3n) is 6.49. The normalized spacial score (nSPS) is 20.2. The molecule has 0 N–H and O–H groups in total. The molecule has 0 bridgehead atoms. The fraction of sp³-hybridized carbons (Fsp3) is 0.417. The lowest BCUT2D eigenvalue weighted by atomic mass is 9.93. The third-order valence-corrected chi connectivity index (χ3v) is 6.49. The van der Waals surface area contributed by atoms with Crippen LogP contribution in [0.25, 0.3) is 10.9 Å². The fourth-order valence-corrected chi connectivity index (χ4v) is 4.60. The second-order valence-corrected chi connectivity index (χ2v) is 8.37. The lowest BCUT2D eigenvalue weighted by Crippen LogP contribution is -2.38. The number of rotatable bonds is 3. The van der Waals surface area contributed by atoms with E-state index in [-0.39, 0.29) is 0 Å². The van der Waals surface area contributed by atoms with Gasteiger partial charge >= 0.3 is 6.18 Å². The molecule has 0 saturated heterocycles. The summed E-state index contributed by atoms with van der Waals surface area (Å²) < 4.78 is 40.9. The van der Waals surface area contributed by atoms with E-state index in [0.717, 1.165) is 18.5 Å². The molecule has 0 radical (unpaired) electrons. The number of halogens is 3. The molecule has 154 valence electrons. The van der Waals surface area contributed by atoms with Crippen molar-refractivity contribution in [1.29, 1.82) is 0 Å².